The molecule has 7 heteroatoms. The van der Waals surface area contributed by atoms with Crippen molar-refractivity contribution in [3.63, 3.8) is 0 Å². The largest absolute Gasteiger partial charge is 0.322 e. The zero-order valence-corrected chi connectivity index (χ0v) is 17.0. The molecule has 4 aromatic rings. The molecule has 3 aromatic heterocycles. The van der Waals surface area contributed by atoms with Crippen LogP contribution in [0.15, 0.2) is 48.0 Å². The molecule has 0 aliphatic heterocycles. The number of aryl methyl sites for hydroxylation is 4. The van der Waals surface area contributed by atoms with Gasteiger partial charge in [0.05, 0.1) is 16.9 Å². The van der Waals surface area contributed by atoms with Gasteiger partial charge in [0.15, 0.2) is 0 Å². The molecule has 0 bridgehead atoms. The summed E-state index contributed by atoms with van der Waals surface area (Å²) < 4.78 is 3.76. The van der Waals surface area contributed by atoms with Crippen LogP contribution in [-0.2, 0) is 7.05 Å². The molecular weight excluding hydrogens is 370 g/mol. The first kappa shape index (κ1) is 18.2. The van der Waals surface area contributed by atoms with E-state index in [2.05, 4.69) is 15.4 Å². The summed E-state index contributed by atoms with van der Waals surface area (Å²) in [6.07, 6.45) is 1.61. The van der Waals surface area contributed by atoms with Gasteiger partial charge in [0, 0.05) is 35.1 Å². The Morgan fingerprint density at radius 3 is 2.32 bits per heavy atom. The molecule has 1 aromatic carbocycles. The van der Waals surface area contributed by atoms with Crippen molar-refractivity contribution in [1.29, 1.82) is 0 Å². The van der Waals surface area contributed by atoms with Gasteiger partial charge < -0.3 is 9.88 Å². The number of anilines is 1. The third kappa shape index (κ3) is 3.25. The van der Waals surface area contributed by atoms with Gasteiger partial charge in [0.2, 0.25) is 0 Å². The molecule has 0 aliphatic rings. The Hall–Kier alpha value is -3.19. The number of rotatable bonds is 4. The van der Waals surface area contributed by atoms with Crippen molar-refractivity contribution >= 4 is 22.9 Å². The van der Waals surface area contributed by atoms with Crippen molar-refractivity contribution in [2.24, 2.45) is 7.05 Å². The predicted octanol–water partition coefficient (Wildman–Crippen LogP) is 4.51. The minimum Gasteiger partial charge on any atom is -0.322 e. The topological polar surface area (TPSA) is 64.7 Å². The number of amides is 1. The quantitative estimate of drug-likeness (QED) is 0.557. The van der Waals surface area contributed by atoms with Crippen molar-refractivity contribution in [3.8, 4) is 17.1 Å². The highest BCUT2D eigenvalue weighted by molar-refractivity contribution is 7.09. The lowest BCUT2D eigenvalue weighted by molar-refractivity contribution is 0.102. The molecule has 6 nitrogen and oxygen atoms in total. The smallest absolute Gasteiger partial charge is 0.261 e. The summed E-state index contributed by atoms with van der Waals surface area (Å²) in [6, 6.07) is 11.8. The Bertz CT molecular complexity index is 1130. The molecule has 4 rings (SSSR count). The number of aromatic nitrogens is 4. The molecule has 0 atom stereocenters. The van der Waals surface area contributed by atoms with Crippen LogP contribution < -0.4 is 5.32 Å². The van der Waals surface area contributed by atoms with Crippen LogP contribution in [0, 0.1) is 20.8 Å². The van der Waals surface area contributed by atoms with Gasteiger partial charge >= 0.3 is 0 Å². The Balaban J connectivity index is 1.60. The molecule has 1 amide bonds. The van der Waals surface area contributed by atoms with E-state index in [1.165, 1.54) is 0 Å². The molecule has 1 N–H and O–H groups in total. The summed E-state index contributed by atoms with van der Waals surface area (Å²) in [5, 5.41) is 10.3. The molecule has 3 heterocycles. The second kappa shape index (κ2) is 7.09. The predicted molar refractivity (Wildman–Crippen MR) is 112 cm³/mol. The van der Waals surface area contributed by atoms with Crippen molar-refractivity contribution in [2.45, 2.75) is 20.8 Å². The Morgan fingerprint density at radius 1 is 1.04 bits per heavy atom. The minimum absolute atomic E-state index is 0.187. The van der Waals surface area contributed by atoms with Crippen LogP contribution in [0.2, 0.25) is 0 Å². The van der Waals surface area contributed by atoms with E-state index in [4.69, 9.17) is 0 Å². The number of carbonyl (C=O) groups is 1. The summed E-state index contributed by atoms with van der Waals surface area (Å²) in [6.45, 7) is 6.02. The lowest BCUT2D eigenvalue weighted by Gasteiger charge is -2.12. The first-order valence-electron chi connectivity index (χ1n) is 8.95. The maximum absolute atomic E-state index is 12.9. The fourth-order valence-electron chi connectivity index (χ4n) is 3.28. The van der Waals surface area contributed by atoms with E-state index in [1.54, 1.807) is 22.2 Å². The van der Waals surface area contributed by atoms with Gasteiger partial charge in [0.1, 0.15) is 11.4 Å². The van der Waals surface area contributed by atoms with E-state index >= 15 is 0 Å². The van der Waals surface area contributed by atoms with Gasteiger partial charge in [-0.05, 0) is 45.0 Å². The summed E-state index contributed by atoms with van der Waals surface area (Å²) in [4.78, 5) is 17.4. The van der Waals surface area contributed by atoms with Crippen LogP contribution >= 0.6 is 11.3 Å². The highest BCUT2D eigenvalue weighted by Crippen LogP contribution is 2.24. The highest BCUT2D eigenvalue weighted by atomic mass is 32.1. The van der Waals surface area contributed by atoms with Crippen LogP contribution in [-0.4, -0.2) is 25.2 Å². The van der Waals surface area contributed by atoms with Gasteiger partial charge in [-0.15, -0.1) is 11.3 Å². The Morgan fingerprint density at radius 2 is 1.71 bits per heavy atom. The Kier molecular flexibility index (Phi) is 4.60. The number of nitrogens with zero attached hydrogens (tertiary/aromatic N) is 4. The molecule has 0 saturated carbocycles. The highest BCUT2D eigenvalue weighted by Gasteiger charge is 2.20. The molecule has 0 fully saturated rings. The zero-order chi connectivity index (χ0) is 19.8. The maximum atomic E-state index is 12.9. The molecule has 0 unspecified atom stereocenters. The summed E-state index contributed by atoms with van der Waals surface area (Å²) >= 11 is 1.62. The van der Waals surface area contributed by atoms with Crippen molar-refractivity contribution < 1.29 is 4.79 Å². The molecule has 0 spiro atoms. The Labute approximate surface area is 167 Å². The van der Waals surface area contributed by atoms with E-state index < -0.39 is 0 Å². The van der Waals surface area contributed by atoms with Crippen molar-refractivity contribution in [1.82, 2.24) is 19.3 Å². The number of nitrogens with one attached hydrogen (secondary N) is 1. The molecule has 0 radical (unpaired) electrons. The number of hydrogen-bond donors (Lipinski definition) is 1. The summed E-state index contributed by atoms with van der Waals surface area (Å²) in [7, 11) is 1.84. The van der Waals surface area contributed by atoms with E-state index in [0.717, 1.165) is 39.2 Å². The normalized spacial score (nSPS) is 11.0. The third-order valence-electron chi connectivity index (χ3n) is 4.69. The molecule has 0 saturated heterocycles. The van der Waals surface area contributed by atoms with E-state index in [-0.39, 0.29) is 5.91 Å². The van der Waals surface area contributed by atoms with Gasteiger partial charge in [-0.3, -0.25) is 9.48 Å². The molecule has 28 heavy (non-hydrogen) atoms. The number of benzene rings is 1. The molecule has 0 aliphatic carbocycles. The van der Waals surface area contributed by atoms with Crippen LogP contribution in [0.5, 0.6) is 0 Å². The first-order chi connectivity index (χ1) is 13.4. The zero-order valence-electron chi connectivity index (χ0n) is 16.2. The monoisotopic (exact) mass is 391 g/mol. The summed E-state index contributed by atoms with van der Waals surface area (Å²) in [5.74, 6) is 0.569. The third-order valence-corrected chi connectivity index (χ3v) is 5.47. The maximum Gasteiger partial charge on any atom is 0.261 e. The fraction of sp³-hybridized carbons (Fsp3) is 0.190. The van der Waals surface area contributed by atoms with Crippen molar-refractivity contribution in [2.75, 3.05) is 5.32 Å². The number of carbonyl (C=O) groups excluding carboxylic acids is 1. The SMILES string of the molecule is Cc1nc(-c2ccc(NC(=O)c3cnn(C)c3-n3c(C)ccc3C)cc2)cs1. The van der Waals surface area contributed by atoms with Gasteiger partial charge in [0.25, 0.3) is 5.91 Å². The van der Waals surface area contributed by atoms with E-state index in [9.17, 15) is 4.79 Å². The lowest BCUT2D eigenvalue weighted by atomic mass is 10.1. The number of thiazole rings is 1. The fourth-order valence-corrected chi connectivity index (χ4v) is 3.90. The van der Waals surface area contributed by atoms with Crippen LogP contribution in [0.25, 0.3) is 17.1 Å². The lowest BCUT2D eigenvalue weighted by Crippen LogP contribution is -2.16. The average Bonchev–Trinajstić information content (AvgIpc) is 3.35. The minimum atomic E-state index is -0.187. The average molecular weight is 392 g/mol. The van der Waals surface area contributed by atoms with E-state index in [1.807, 2.05) is 74.2 Å². The van der Waals surface area contributed by atoms with Crippen LogP contribution in [0.1, 0.15) is 26.8 Å². The standard InChI is InChI=1S/C21H21N5OS/c1-13-5-6-14(2)26(13)21-18(11-22-25(21)4)20(27)24-17-9-7-16(8-10-17)19-12-28-15(3)23-19/h5-12H,1-4H3,(H,24,27). The van der Waals surface area contributed by atoms with Gasteiger partial charge in [-0.1, -0.05) is 12.1 Å². The second-order valence-electron chi connectivity index (χ2n) is 6.74. The number of hydrogen-bond acceptors (Lipinski definition) is 4. The van der Waals surface area contributed by atoms with Crippen LogP contribution in [0.3, 0.4) is 0 Å². The molecular formula is C21H21N5OS. The second-order valence-corrected chi connectivity index (χ2v) is 7.80. The van der Waals surface area contributed by atoms with Gasteiger partial charge in [-0.2, -0.15) is 5.10 Å². The van der Waals surface area contributed by atoms with Gasteiger partial charge in [-0.25, -0.2) is 4.98 Å². The van der Waals surface area contributed by atoms with E-state index in [0.29, 0.717) is 5.56 Å². The molecule has 142 valence electrons. The van der Waals surface area contributed by atoms with Crippen LogP contribution in [0.4, 0.5) is 5.69 Å². The first-order valence-corrected chi connectivity index (χ1v) is 9.83. The van der Waals surface area contributed by atoms with Crippen molar-refractivity contribution in [3.05, 3.63) is 69.9 Å². The summed E-state index contributed by atoms with van der Waals surface area (Å²) in [5.41, 5.74) is 5.35.